The van der Waals surface area contributed by atoms with E-state index in [1.165, 1.54) is 5.38 Å². The molecule has 0 radical (unpaired) electrons. The van der Waals surface area contributed by atoms with Crippen molar-refractivity contribution in [3.05, 3.63) is 16.1 Å². The quantitative estimate of drug-likeness (QED) is 0.200. The molecule has 14 heteroatoms. The number of carbonyl (C=O) groups is 5. The number of alkyl carbamates (subject to hydrolysis) is 2. The van der Waals surface area contributed by atoms with Gasteiger partial charge in [-0.25, -0.2) is 19.4 Å². The van der Waals surface area contributed by atoms with Gasteiger partial charge < -0.3 is 34.5 Å². The fraction of sp³-hybridized carbons (Fsp3) is 0.742. The van der Waals surface area contributed by atoms with Gasteiger partial charge in [-0.3, -0.25) is 9.59 Å². The summed E-state index contributed by atoms with van der Waals surface area (Å²) in [7, 11) is 1.63. The third-order valence-electron chi connectivity index (χ3n) is 6.55. The molecule has 0 aliphatic carbocycles. The van der Waals surface area contributed by atoms with Crippen LogP contribution in [-0.2, 0) is 28.5 Å². The van der Waals surface area contributed by atoms with Crippen LogP contribution in [0.15, 0.2) is 5.38 Å². The predicted molar refractivity (Wildman–Crippen MR) is 170 cm³/mol. The maximum absolute atomic E-state index is 13.9. The lowest BCUT2D eigenvalue weighted by Gasteiger charge is -2.37. The summed E-state index contributed by atoms with van der Waals surface area (Å²) in [5.74, 6) is -2.05. The van der Waals surface area contributed by atoms with Crippen molar-refractivity contribution >= 4 is 41.4 Å². The maximum atomic E-state index is 13.9. The van der Waals surface area contributed by atoms with Crippen LogP contribution in [0.1, 0.15) is 111 Å². The van der Waals surface area contributed by atoms with Gasteiger partial charge in [-0.05, 0) is 60.3 Å². The fourth-order valence-electron chi connectivity index (χ4n) is 4.19. The lowest BCUT2D eigenvalue weighted by atomic mass is 9.93. The number of rotatable bonds is 14. The van der Waals surface area contributed by atoms with Gasteiger partial charge >= 0.3 is 24.1 Å². The largest absolute Gasteiger partial charge is 0.461 e. The van der Waals surface area contributed by atoms with Crippen LogP contribution < -0.4 is 10.6 Å². The van der Waals surface area contributed by atoms with Crippen LogP contribution >= 0.6 is 11.3 Å². The molecule has 45 heavy (non-hydrogen) atoms. The number of hydrogen-bond donors (Lipinski definition) is 2. The number of nitrogens with one attached hydrogen (secondary N) is 2. The van der Waals surface area contributed by atoms with E-state index in [0.29, 0.717) is 11.4 Å². The van der Waals surface area contributed by atoms with E-state index < -0.39 is 60.1 Å². The van der Waals surface area contributed by atoms with Crippen molar-refractivity contribution in [3.8, 4) is 0 Å². The number of ether oxygens (including phenoxy) is 4. The Labute approximate surface area is 271 Å². The molecule has 1 rings (SSSR count). The molecule has 0 saturated carbocycles. The minimum Gasteiger partial charge on any atom is -0.461 e. The Morgan fingerprint density at radius 2 is 1.53 bits per heavy atom. The summed E-state index contributed by atoms with van der Waals surface area (Å²) in [6.07, 6.45) is -1.72. The highest BCUT2D eigenvalue weighted by molar-refractivity contribution is 7.09. The summed E-state index contributed by atoms with van der Waals surface area (Å²) >= 11 is 1.11. The topological polar surface area (TPSA) is 162 Å². The number of likely N-dealkylation sites (N-methyl/N-ethyl adjacent to an activating group) is 1. The molecule has 1 aromatic heterocycles. The summed E-state index contributed by atoms with van der Waals surface area (Å²) in [6, 6.07) is -1.36. The lowest BCUT2D eigenvalue weighted by Crippen LogP contribution is -2.55. The van der Waals surface area contributed by atoms with Crippen molar-refractivity contribution in [1.29, 1.82) is 0 Å². The zero-order chi connectivity index (χ0) is 34.7. The molecule has 3 amide bonds. The van der Waals surface area contributed by atoms with Gasteiger partial charge in [0, 0.05) is 24.9 Å². The van der Waals surface area contributed by atoms with E-state index in [2.05, 4.69) is 15.6 Å². The zero-order valence-electron chi connectivity index (χ0n) is 28.8. The molecule has 1 aromatic rings. The van der Waals surface area contributed by atoms with Crippen molar-refractivity contribution in [3.63, 3.8) is 0 Å². The zero-order valence-corrected chi connectivity index (χ0v) is 29.6. The first-order valence-electron chi connectivity index (χ1n) is 15.2. The summed E-state index contributed by atoms with van der Waals surface area (Å²) in [5, 5.41) is 6.94. The van der Waals surface area contributed by atoms with Crippen LogP contribution in [0.5, 0.6) is 0 Å². The minimum atomic E-state index is -0.977. The molecule has 0 aromatic carbocycles. The highest BCUT2D eigenvalue weighted by Gasteiger charge is 2.36. The van der Waals surface area contributed by atoms with Crippen LogP contribution in [0, 0.1) is 11.8 Å². The van der Waals surface area contributed by atoms with Crippen molar-refractivity contribution in [2.45, 2.75) is 118 Å². The van der Waals surface area contributed by atoms with E-state index in [1.807, 2.05) is 27.7 Å². The Morgan fingerprint density at radius 1 is 0.956 bits per heavy atom. The number of hydrogen-bond acceptors (Lipinski definition) is 11. The minimum absolute atomic E-state index is 0.0636. The Morgan fingerprint density at radius 3 is 2.04 bits per heavy atom. The number of aromatic nitrogens is 1. The Bertz CT molecular complexity index is 1160. The Kier molecular flexibility index (Phi) is 15.2. The van der Waals surface area contributed by atoms with E-state index in [9.17, 15) is 24.0 Å². The number of thiazole rings is 1. The van der Waals surface area contributed by atoms with Gasteiger partial charge in [-0.1, -0.05) is 34.1 Å². The SMILES string of the molecule is CCOC(=O)c1csc(C(C[C@H](C(C)C)N(C)C(=O)[C@@H](NC(=O)OC(C)(C)C)[C@@H](C)CC)OC(=O)CNC(=O)OC(C)(C)C)n1. The van der Waals surface area contributed by atoms with Crippen LogP contribution in [0.2, 0.25) is 0 Å². The summed E-state index contributed by atoms with van der Waals surface area (Å²) in [6.45, 7) is 19.3. The van der Waals surface area contributed by atoms with Gasteiger partial charge in [-0.15, -0.1) is 11.3 Å². The first-order valence-corrected chi connectivity index (χ1v) is 16.1. The monoisotopic (exact) mass is 656 g/mol. The van der Waals surface area contributed by atoms with Gasteiger partial charge in [0.15, 0.2) is 11.8 Å². The molecule has 13 nitrogen and oxygen atoms in total. The van der Waals surface area contributed by atoms with Gasteiger partial charge in [0.05, 0.1) is 6.61 Å². The van der Waals surface area contributed by atoms with Crippen molar-refractivity contribution < 1.29 is 42.9 Å². The summed E-state index contributed by atoms with van der Waals surface area (Å²) in [5.41, 5.74) is -1.44. The van der Waals surface area contributed by atoms with E-state index in [4.69, 9.17) is 18.9 Å². The average molecular weight is 657 g/mol. The standard InChI is InChI=1S/C31H52N4O9S/c1-13-19(5)24(34-29(40)44-31(9,10)11)26(37)35(12)21(18(3)4)15-22(25-33-20(17-45-25)27(38)41-14-2)42-23(36)16-32-28(39)43-30(6,7)8/h17-19,21-22,24H,13-16H2,1-12H3,(H,32,39)(H,34,40)/t19-,21+,22?,24-/m0/s1. The van der Waals surface area contributed by atoms with Gasteiger partial charge in [-0.2, -0.15) is 0 Å². The van der Waals surface area contributed by atoms with Crippen LogP contribution in [-0.4, -0.2) is 83.4 Å². The van der Waals surface area contributed by atoms with Crippen LogP contribution in [0.3, 0.4) is 0 Å². The Balaban J connectivity index is 3.32. The fourth-order valence-corrected chi connectivity index (χ4v) is 5.02. The van der Waals surface area contributed by atoms with E-state index in [1.54, 1.807) is 60.4 Å². The van der Waals surface area contributed by atoms with Gasteiger partial charge in [0.25, 0.3) is 0 Å². The molecule has 0 bridgehead atoms. The molecule has 256 valence electrons. The smallest absolute Gasteiger partial charge is 0.408 e. The number of carbonyl (C=O) groups excluding carboxylic acids is 5. The van der Waals surface area contributed by atoms with Gasteiger partial charge in [0.1, 0.15) is 28.8 Å². The number of nitrogens with zero attached hydrogens (tertiary/aromatic N) is 2. The second kappa shape index (κ2) is 17.3. The molecule has 0 aliphatic heterocycles. The predicted octanol–water partition coefficient (Wildman–Crippen LogP) is 5.24. The molecule has 4 atom stereocenters. The third-order valence-corrected chi connectivity index (χ3v) is 7.49. The molecular weight excluding hydrogens is 604 g/mol. The van der Waals surface area contributed by atoms with E-state index >= 15 is 0 Å². The highest BCUT2D eigenvalue weighted by atomic mass is 32.1. The molecule has 0 fully saturated rings. The maximum Gasteiger partial charge on any atom is 0.408 e. The molecule has 2 N–H and O–H groups in total. The molecule has 0 spiro atoms. The molecule has 0 aliphatic rings. The first-order chi connectivity index (χ1) is 20.7. The number of esters is 2. The van der Waals surface area contributed by atoms with Crippen LogP contribution in [0.4, 0.5) is 9.59 Å². The Hall–Kier alpha value is -3.42. The highest BCUT2D eigenvalue weighted by Crippen LogP contribution is 2.31. The molecule has 1 heterocycles. The van der Waals surface area contributed by atoms with E-state index in [0.717, 1.165) is 11.3 Å². The van der Waals surface area contributed by atoms with Crippen LogP contribution in [0.25, 0.3) is 0 Å². The van der Waals surface area contributed by atoms with E-state index in [-0.39, 0.29) is 36.5 Å². The molecular formula is C31H52N4O9S. The second-order valence-electron chi connectivity index (χ2n) is 13.1. The van der Waals surface area contributed by atoms with Gasteiger partial charge in [0.2, 0.25) is 5.91 Å². The lowest BCUT2D eigenvalue weighted by molar-refractivity contribution is -0.150. The van der Waals surface area contributed by atoms with Crippen molar-refractivity contribution in [2.75, 3.05) is 20.2 Å². The normalized spacial score (nSPS) is 14.4. The summed E-state index contributed by atoms with van der Waals surface area (Å²) in [4.78, 5) is 69.8. The molecule has 1 unspecified atom stereocenters. The second-order valence-corrected chi connectivity index (χ2v) is 14.0. The number of amides is 3. The first kappa shape index (κ1) is 39.6. The van der Waals surface area contributed by atoms with Crippen molar-refractivity contribution in [2.24, 2.45) is 11.8 Å². The summed E-state index contributed by atoms with van der Waals surface area (Å²) < 4.78 is 21.4. The van der Waals surface area contributed by atoms with Crippen molar-refractivity contribution in [1.82, 2.24) is 20.5 Å². The molecule has 0 saturated heterocycles. The third kappa shape index (κ3) is 14.0. The average Bonchev–Trinajstić information content (AvgIpc) is 3.40.